The van der Waals surface area contributed by atoms with Crippen molar-refractivity contribution in [2.75, 3.05) is 0 Å². The number of hydrogen-bond acceptors (Lipinski definition) is 5. The predicted molar refractivity (Wildman–Crippen MR) is 123 cm³/mol. The number of Topliss-reactive ketones (excluding diaryl/α,β-unsaturated/α-hetero) is 1. The zero-order valence-corrected chi connectivity index (χ0v) is 19.9. The summed E-state index contributed by atoms with van der Waals surface area (Å²) in [4.78, 5) is 30.4. The van der Waals surface area contributed by atoms with Crippen LogP contribution in [0.5, 0.6) is 0 Å². The Labute approximate surface area is 199 Å². The second kappa shape index (κ2) is 8.87. The van der Waals surface area contributed by atoms with Crippen LogP contribution in [-0.2, 0) is 17.5 Å². The number of ether oxygens (including phenoxy) is 1. The largest absolute Gasteiger partial charge is 0.439 e. The molecular weight excluding hydrogens is 465 g/mol. The van der Waals surface area contributed by atoms with Gasteiger partial charge >= 0.3 is 12.3 Å². The maximum Gasteiger partial charge on any atom is 0.416 e. The molecule has 1 amide bonds. The molecule has 0 unspecified atom stereocenters. The normalized spacial score (nSPS) is 18.3. The van der Waals surface area contributed by atoms with Crippen LogP contribution in [0.2, 0.25) is 0 Å². The number of ketones is 1. The van der Waals surface area contributed by atoms with Gasteiger partial charge in [0, 0.05) is 17.9 Å². The summed E-state index contributed by atoms with van der Waals surface area (Å²) in [5, 5.41) is 2.35. The van der Waals surface area contributed by atoms with E-state index in [1.54, 1.807) is 25.3 Å². The molecule has 0 N–H and O–H groups in total. The van der Waals surface area contributed by atoms with Crippen LogP contribution < -0.4 is 0 Å². The summed E-state index contributed by atoms with van der Waals surface area (Å²) in [5.74, 6) is -0.132. The molecule has 0 aliphatic carbocycles. The number of hydrogen-bond donors (Lipinski definition) is 0. The topological polar surface area (TPSA) is 59.5 Å². The Kier molecular flexibility index (Phi) is 6.24. The maximum absolute atomic E-state index is 13.3. The molecule has 1 aliphatic heterocycles. The Balaban J connectivity index is 1.65. The molecule has 3 aromatic rings. The van der Waals surface area contributed by atoms with Crippen LogP contribution in [0.15, 0.2) is 41.8 Å². The summed E-state index contributed by atoms with van der Waals surface area (Å²) in [5.41, 5.74) is 2.95. The van der Waals surface area contributed by atoms with Gasteiger partial charge in [-0.2, -0.15) is 13.2 Å². The van der Waals surface area contributed by atoms with Gasteiger partial charge in [0.05, 0.1) is 18.2 Å². The molecule has 2 aromatic carbocycles. The van der Waals surface area contributed by atoms with E-state index in [2.05, 4.69) is 4.98 Å². The predicted octanol–water partition coefficient (Wildman–Crippen LogP) is 6.73. The number of alkyl halides is 3. The molecule has 5 nitrogen and oxygen atoms in total. The minimum atomic E-state index is -4.49. The second-order valence-corrected chi connectivity index (χ2v) is 9.42. The highest BCUT2D eigenvalue weighted by Crippen LogP contribution is 2.38. The van der Waals surface area contributed by atoms with Crippen LogP contribution in [0, 0.1) is 13.8 Å². The van der Waals surface area contributed by atoms with E-state index in [0.29, 0.717) is 21.8 Å². The first-order valence-corrected chi connectivity index (χ1v) is 11.5. The van der Waals surface area contributed by atoms with Gasteiger partial charge in [0.15, 0.2) is 5.78 Å². The van der Waals surface area contributed by atoms with Crippen molar-refractivity contribution >= 4 is 23.2 Å². The molecule has 1 saturated heterocycles. The molecule has 0 saturated carbocycles. The molecule has 1 fully saturated rings. The van der Waals surface area contributed by atoms with E-state index in [4.69, 9.17) is 4.74 Å². The molecule has 178 valence electrons. The molecule has 2 heterocycles. The molecule has 1 aromatic heterocycles. The third-order valence-electron chi connectivity index (χ3n) is 5.84. The maximum atomic E-state index is 13.3. The lowest BCUT2D eigenvalue weighted by atomic mass is 9.97. The highest BCUT2D eigenvalue weighted by molar-refractivity contribution is 7.13. The van der Waals surface area contributed by atoms with E-state index in [-0.39, 0.29) is 12.3 Å². The smallest absolute Gasteiger partial charge is 0.416 e. The molecule has 0 bridgehead atoms. The van der Waals surface area contributed by atoms with Gasteiger partial charge in [-0.1, -0.05) is 35.4 Å². The fraction of sp³-hybridized carbons (Fsp3) is 0.320. The van der Waals surface area contributed by atoms with Crippen molar-refractivity contribution in [3.8, 4) is 10.6 Å². The van der Waals surface area contributed by atoms with Gasteiger partial charge < -0.3 is 4.74 Å². The quantitative estimate of drug-likeness (QED) is 0.374. The van der Waals surface area contributed by atoms with Gasteiger partial charge in [-0.25, -0.2) is 9.78 Å². The zero-order valence-electron chi connectivity index (χ0n) is 19.1. The van der Waals surface area contributed by atoms with Gasteiger partial charge in [0.2, 0.25) is 0 Å². The Morgan fingerprint density at radius 3 is 2.53 bits per heavy atom. The lowest BCUT2D eigenvalue weighted by Crippen LogP contribution is -2.31. The fourth-order valence-electron chi connectivity index (χ4n) is 4.10. The summed E-state index contributed by atoms with van der Waals surface area (Å²) in [7, 11) is 0. The van der Waals surface area contributed by atoms with Crippen molar-refractivity contribution < 1.29 is 27.5 Å². The van der Waals surface area contributed by atoms with Gasteiger partial charge in [-0.05, 0) is 44.0 Å². The molecule has 0 spiro atoms. The Bertz CT molecular complexity index is 1270. The SMILES string of the molecule is CC(=O)c1csc(-c2ccc(C)cc2CN2C(=O)O[C@H](c3cc(C)cc(C(F)(F)F)c3)[C@@H]2C)n1. The first-order chi connectivity index (χ1) is 15.9. The number of thiazole rings is 1. The Morgan fingerprint density at radius 2 is 1.88 bits per heavy atom. The summed E-state index contributed by atoms with van der Waals surface area (Å²) < 4.78 is 45.5. The number of carbonyl (C=O) groups excluding carboxylic acids is 2. The molecule has 1 aliphatic rings. The Hall–Kier alpha value is -3.20. The first-order valence-electron chi connectivity index (χ1n) is 10.7. The van der Waals surface area contributed by atoms with Crippen molar-refractivity contribution in [3.63, 3.8) is 0 Å². The van der Waals surface area contributed by atoms with E-state index in [1.807, 2.05) is 25.1 Å². The van der Waals surface area contributed by atoms with Crippen LogP contribution in [-0.4, -0.2) is 27.8 Å². The van der Waals surface area contributed by atoms with Crippen LogP contribution in [0.25, 0.3) is 10.6 Å². The van der Waals surface area contributed by atoms with E-state index in [9.17, 15) is 22.8 Å². The second-order valence-electron chi connectivity index (χ2n) is 8.56. The number of halogens is 3. The lowest BCUT2D eigenvalue weighted by Gasteiger charge is -2.23. The zero-order chi connectivity index (χ0) is 24.8. The number of benzene rings is 2. The standard InChI is InChI=1S/C25H23F3N2O3S/c1-13-5-6-20(23-29-21(12-34-23)16(4)31)18(7-13)11-30-15(3)22(33-24(30)32)17-8-14(2)9-19(10-17)25(26,27)28/h5-10,12,15,22H,11H2,1-4H3/t15-,22-/m0/s1. The highest BCUT2D eigenvalue weighted by Gasteiger charge is 2.41. The molecule has 2 atom stereocenters. The minimum Gasteiger partial charge on any atom is -0.439 e. The minimum absolute atomic E-state index is 0.132. The van der Waals surface area contributed by atoms with Crippen molar-refractivity contribution in [2.24, 2.45) is 0 Å². The van der Waals surface area contributed by atoms with E-state index < -0.39 is 30.0 Å². The van der Waals surface area contributed by atoms with Gasteiger partial charge in [0.1, 0.15) is 16.8 Å². The van der Waals surface area contributed by atoms with E-state index >= 15 is 0 Å². The summed E-state index contributed by atoms with van der Waals surface area (Å²) in [6, 6.07) is 9.00. The van der Waals surface area contributed by atoms with Crippen LogP contribution in [0.3, 0.4) is 0 Å². The molecule has 9 heteroatoms. The van der Waals surface area contributed by atoms with E-state index in [1.165, 1.54) is 23.2 Å². The van der Waals surface area contributed by atoms with Crippen LogP contribution in [0.1, 0.15) is 58.3 Å². The van der Waals surface area contributed by atoms with Gasteiger partial charge in [-0.3, -0.25) is 9.69 Å². The number of nitrogens with zero attached hydrogens (tertiary/aromatic N) is 2. The van der Waals surface area contributed by atoms with Crippen LogP contribution in [0.4, 0.5) is 18.0 Å². The molecule has 0 radical (unpaired) electrons. The average molecular weight is 489 g/mol. The number of carbonyl (C=O) groups is 2. The van der Waals surface area contributed by atoms with E-state index in [0.717, 1.165) is 28.8 Å². The molecule has 4 rings (SSSR count). The van der Waals surface area contributed by atoms with Gasteiger partial charge in [-0.15, -0.1) is 11.3 Å². The monoisotopic (exact) mass is 488 g/mol. The fourth-order valence-corrected chi connectivity index (χ4v) is 5.02. The Morgan fingerprint density at radius 1 is 1.15 bits per heavy atom. The summed E-state index contributed by atoms with van der Waals surface area (Å²) >= 11 is 1.34. The lowest BCUT2D eigenvalue weighted by molar-refractivity contribution is -0.137. The third-order valence-corrected chi connectivity index (χ3v) is 6.72. The van der Waals surface area contributed by atoms with Crippen molar-refractivity contribution in [2.45, 2.75) is 52.6 Å². The van der Waals surface area contributed by atoms with Crippen molar-refractivity contribution in [3.05, 3.63) is 75.3 Å². The average Bonchev–Trinajstić information content (AvgIpc) is 3.34. The van der Waals surface area contributed by atoms with Crippen molar-refractivity contribution in [1.29, 1.82) is 0 Å². The molecule has 34 heavy (non-hydrogen) atoms. The number of cyclic esters (lactones) is 1. The summed E-state index contributed by atoms with van der Waals surface area (Å²) in [6.07, 6.45) is -5.91. The van der Waals surface area contributed by atoms with Crippen molar-refractivity contribution in [1.82, 2.24) is 9.88 Å². The third kappa shape index (κ3) is 4.70. The summed E-state index contributed by atoms with van der Waals surface area (Å²) in [6.45, 7) is 6.92. The number of amides is 1. The highest BCUT2D eigenvalue weighted by atomic mass is 32.1. The molecular formula is C25H23F3N2O3S. The number of aryl methyl sites for hydroxylation is 2. The van der Waals surface area contributed by atoms with Crippen LogP contribution >= 0.6 is 11.3 Å². The first kappa shape index (κ1) is 23.9. The number of aromatic nitrogens is 1. The number of rotatable bonds is 5. The van der Waals surface area contributed by atoms with Gasteiger partial charge in [0.25, 0.3) is 0 Å².